The lowest BCUT2D eigenvalue weighted by Crippen LogP contribution is -2.43. The maximum Gasteiger partial charge on any atom is 0.0110 e. The Hall–Kier alpha value is -0.0800. The van der Waals surface area contributed by atoms with Crippen molar-refractivity contribution < 1.29 is 0 Å². The van der Waals surface area contributed by atoms with Crippen LogP contribution in [0.4, 0.5) is 0 Å². The van der Waals surface area contributed by atoms with Gasteiger partial charge in [0.25, 0.3) is 0 Å². The zero-order valence-electron chi connectivity index (χ0n) is 11.1. The normalized spacial score (nSPS) is 38.2. The summed E-state index contributed by atoms with van der Waals surface area (Å²) in [6.45, 7) is 9.21. The summed E-state index contributed by atoms with van der Waals surface area (Å²) in [5, 5.41) is 3.65. The van der Waals surface area contributed by atoms with E-state index in [1.165, 1.54) is 25.7 Å². The third-order valence-electron chi connectivity index (χ3n) is 5.10. The van der Waals surface area contributed by atoms with E-state index < -0.39 is 0 Å². The van der Waals surface area contributed by atoms with Gasteiger partial charge in [-0.05, 0) is 55.4 Å². The predicted octanol–water partition coefficient (Wildman–Crippen LogP) is 2.39. The minimum absolute atomic E-state index is 0.432. The Morgan fingerprint density at radius 2 is 1.94 bits per heavy atom. The number of nitrogens with two attached hydrogens (primary N) is 1. The molecule has 0 heterocycles. The topological polar surface area (TPSA) is 38.0 Å². The second kappa shape index (κ2) is 4.66. The Morgan fingerprint density at radius 1 is 1.25 bits per heavy atom. The van der Waals surface area contributed by atoms with Gasteiger partial charge in [0.05, 0.1) is 0 Å². The molecule has 4 unspecified atom stereocenters. The summed E-state index contributed by atoms with van der Waals surface area (Å²) < 4.78 is 0. The van der Waals surface area contributed by atoms with Crippen molar-refractivity contribution in [2.24, 2.45) is 28.9 Å². The van der Waals surface area contributed by atoms with E-state index in [0.29, 0.717) is 11.5 Å². The van der Waals surface area contributed by atoms with Gasteiger partial charge in [0.2, 0.25) is 0 Å². The molecule has 16 heavy (non-hydrogen) atoms. The molecule has 0 aromatic carbocycles. The van der Waals surface area contributed by atoms with Crippen LogP contribution in [0.3, 0.4) is 0 Å². The highest BCUT2D eigenvalue weighted by molar-refractivity contribution is 4.99. The van der Waals surface area contributed by atoms with Crippen LogP contribution in [0.5, 0.6) is 0 Å². The van der Waals surface area contributed by atoms with Crippen LogP contribution < -0.4 is 11.1 Å². The van der Waals surface area contributed by atoms with E-state index in [0.717, 1.165) is 30.8 Å². The van der Waals surface area contributed by atoms with E-state index in [9.17, 15) is 0 Å². The van der Waals surface area contributed by atoms with E-state index in [1.807, 2.05) is 0 Å². The van der Waals surface area contributed by atoms with Gasteiger partial charge in [-0.15, -0.1) is 0 Å². The van der Waals surface area contributed by atoms with Gasteiger partial charge in [-0.25, -0.2) is 0 Å². The average molecular weight is 224 g/mol. The predicted molar refractivity (Wildman–Crippen MR) is 69.2 cm³/mol. The Balaban J connectivity index is 1.75. The third-order valence-corrected chi connectivity index (χ3v) is 5.10. The molecular formula is C14H28N2. The zero-order valence-corrected chi connectivity index (χ0v) is 11.1. The Morgan fingerprint density at radius 3 is 2.50 bits per heavy atom. The first kappa shape index (κ1) is 12.4. The van der Waals surface area contributed by atoms with E-state index in [1.54, 1.807) is 0 Å². The van der Waals surface area contributed by atoms with Crippen LogP contribution in [-0.4, -0.2) is 19.1 Å². The first-order chi connectivity index (χ1) is 7.53. The summed E-state index contributed by atoms with van der Waals surface area (Å²) in [6.07, 6.45) is 5.47. The van der Waals surface area contributed by atoms with Crippen molar-refractivity contribution in [3.8, 4) is 0 Å². The van der Waals surface area contributed by atoms with Gasteiger partial charge >= 0.3 is 0 Å². The Labute approximate surface area is 100 Å². The highest BCUT2D eigenvalue weighted by Gasteiger charge is 2.45. The van der Waals surface area contributed by atoms with Gasteiger partial charge in [-0.1, -0.05) is 20.8 Å². The van der Waals surface area contributed by atoms with Crippen LogP contribution in [0.1, 0.15) is 46.5 Å². The average Bonchev–Trinajstić information content (AvgIpc) is 2.81. The van der Waals surface area contributed by atoms with Crippen molar-refractivity contribution in [1.29, 1.82) is 0 Å². The molecule has 0 amide bonds. The second-order valence-electron chi connectivity index (χ2n) is 6.72. The first-order valence-corrected chi connectivity index (χ1v) is 7.00. The lowest BCUT2D eigenvalue weighted by Gasteiger charge is -2.30. The van der Waals surface area contributed by atoms with Crippen molar-refractivity contribution in [2.75, 3.05) is 13.1 Å². The van der Waals surface area contributed by atoms with Crippen molar-refractivity contribution in [3.63, 3.8) is 0 Å². The fourth-order valence-corrected chi connectivity index (χ4v) is 3.46. The van der Waals surface area contributed by atoms with Gasteiger partial charge in [0.15, 0.2) is 0 Å². The quantitative estimate of drug-likeness (QED) is 0.752. The summed E-state index contributed by atoms with van der Waals surface area (Å²) in [4.78, 5) is 0. The highest BCUT2D eigenvalue weighted by Crippen LogP contribution is 2.47. The molecule has 0 aromatic rings. The van der Waals surface area contributed by atoms with Gasteiger partial charge < -0.3 is 11.1 Å². The Kier molecular flexibility index (Phi) is 3.60. The molecule has 2 aliphatic carbocycles. The van der Waals surface area contributed by atoms with E-state index in [2.05, 4.69) is 26.1 Å². The number of rotatable bonds is 5. The number of nitrogens with one attached hydrogen (secondary N) is 1. The molecule has 0 saturated heterocycles. The molecule has 2 bridgehead atoms. The SMILES string of the molecule is CCC(C)(C)CNCC1C2CCC(C2)C1N. The summed E-state index contributed by atoms with van der Waals surface area (Å²) in [5.41, 5.74) is 6.74. The standard InChI is InChI=1S/C14H28N2/c1-4-14(2,3)9-16-8-12-10-5-6-11(7-10)13(12)15/h10-13,16H,4-9,15H2,1-3H3. The largest absolute Gasteiger partial charge is 0.327 e. The van der Waals surface area contributed by atoms with Gasteiger partial charge in [0, 0.05) is 12.6 Å². The van der Waals surface area contributed by atoms with E-state index in [4.69, 9.17) is 5.73 Å². The van der Waals surface area contributed by atoms with Crippen LogP contribution in [0.2, 0.25) is 0 Å². The van der Waals surface area contributed by atoms with Crippen LogP contribution in [0, 0.1) is 23.2 Å². The monoisotopic (exact) mass is 224 g/mol. The van der Waals surface area contributed by atoms with Crippen molar-refractivity contribution >= 4 is 0 Å². The minimum Gasteiger partial charge on any atom is -0.327 e. The summed E-state index contributed by atoms with van der Waals surface area (Å²) in [5.74, 6) is 2.53. The molecule has 0 radical (unpaired) electrons. The van der Waals surface area contributed by atoms with Gasteiger partial charge in [-0.3, -0.25) is 0 Å². The molecule has 2 aliphatic rings. The summed E-state index contributed by atoms with van der Waals surface area (Å²) in [6, 6.07) is 0.482. The van der Waals surface area contributed by atoms with Gasteiger partial charge in [0.1, 0.15) is 0 Å². The van der Waals surface area contributed by atoms with Crippen LogP contribution in [-0.2, 0) is 0 Å². The zero-order chi connectivity index (χ0) is 11.8. The fraction of sp³-hybridized carbons (Fsp3) is 1.00. The molecule has 2 rings (SSSR count). The van der Waals surface area contributed by atoms with E-state index in [-0.39, 0.29) is 0 Å². The van der Waals surface area contributed by atoms with Crippen LogP contribution in [0.25, 0.3) is 0 Å². The van der Waals surface area contributed by atoms with Gasteiger partial charge in [-0.2, -0.15) is 0 Å². The first-order valence-electron chi connectivity index (χ1n) is 7.00. The molecule has 2 fully saturated rings. The molecule has 2 nitrogen and oxygen atoms in total. The second-order valence-corrected chi connectivity index (χ2v) is 6.72. The lowest BCUT2D eigenvalue weighted by molar-refractivity contribution is 0.255. The number of hydrogen-bond acceptors (Lipinski definition) is 2. The van der Waals surface area contributed by atoms with Crippen molar-refractivity contribution in [2.45, 2.75) is 52.5 Å². The lowest BCUT2D eigenvalue weighted by atomic mass is 9.84. The van der Waals surface area contributed by atoms with Crippen LogP contribution >= 0.6 is 0 Å². The number of fused-ring (bicyclic) bond motifs is 2. The van der Waals surface area contributed by atoms with Crippen molar-refractivity contribution in [1.82, 2.24) is 5.32 Å². The van der Waals surface area contributed by atoms with Crippen molar-refractivity contribution in [3.05, 3.63) is 0 Å². The smallest absolute Gasteiger partial charge is 0.0110 e. The Bertz CT molecular complexity index is 235. The minimum atomic E-state index is 0.432. The molecule has 0 aliphatic heterocycles. The van der Waals surface area contributed by atoms with E-state index >= 15 is 0 Å². The molecular weight excluding hydrogens is 196 g/mol. The molecule has 0 spiro atoms. The summed E-state index contributed by atoms with van der Waals surface area (Å²) >= 11 is 0. The molecule has 2 heteroatoms. The molecule has 2 saturated carbocycles. The molecule has 3 N–H and O–H groups in total. The molecule has 0 aromatic heterocycles. The highest BCUT2D eigenvalue weighted by atomic mass is 14.9. The maximum atomic E-state index is 6.31. The fourth-order valence-electron chi connectivity index (χ4n) is 3.46. The number of hydrogen-bond donors (Lipinski definition) is 2. The third kappa shape index (κ3) is 2.43. The summed E-state index contributed by atoms with van der Waals surface area (Å²) in [7, 11) is 0. The van der Waals surface area contributed by atoms with Crippen LogP contribution in [0.15, 0.2) is 0 Å². The molecule has 94 valence electrons. The molecule has 4 atom stereocenters. The maximum absolute atomic E-state index is 6.31.